The van der Waals surface area contributed by atoms with Gasteiger partial charge in [-0.3, -0.25) is 0 Å². The summed E-state index contributed by atoms with van der Waals surface area (Å²) in [5.41, 5.74) is 4.28. The summed E-state index contributed by atoms with van der Waals surface area (Å²) in [4.78, 5) is 27.2. The molecule has 1 fully saturated rings. The van der Waals surface area contributed by atoms with Crippen molar-refractivity contribution in [1.29, 1.82) is 0 Å². The predicted molar refractivity (Wildman–Crippen MR) is 148 cm³/mol. The Labute approximate surface area is 222 Å². The van der Waals surface area contributed by atoms with Crippen LogP contribution in [0.4, 0.5) is 10.6 Å². The molecule has 7 nitrogen and oxygen atoms in total. The number of carbonyl (C=O) groups excluding carboxylic acids is 1. The predicted octanol–water partition coefficient (Wildman–Crippen LogP) is 7.00. The van der Waals surface area contributed by atoms with E-state index in [9.17, 15) is 4.79 Å². The Morgan fingerprint density at radius 1 is 1.14 bits per heavy atom. The number of aromatic amines is 1. The maximum atomic E-state index is 12.4. The third-order valence-electron chi connectivity index (χ3n) is 6.56. The highest BCUT2D eigenvalue weighted by molar-refractivity contribution is 6.33. The van der Waals surface area contributed by atoms with Crippen molar-refractivity contribution in [3.8, 4) is 11.3 Å². The van der Waals surface area contributed by atoms with Crippen molar-refractivity contribution >= 4 is 34.5 Å². The van der Waals surface area contributed by atoms with Gasteiger partial charge in [0, 0.05) is 48.4 Å². The average molecular weight is 518 g/mol. The van der Waals surface area contributed by atoms with Gasteiger partial charge in [0.15, 0.2) is 0 Å². The van der Waals surface area contributed by atoms with Crippen LogP contribution in [0.3, 0.4) is 0 Å². The molecule has 0 atom stereocenters. The lowest BCUT2D eigenvalue weighted by Gasteiger charge is -2.33. The second-order valence-corrected chi connectivity index (χ2v) is 10.9. The van der Waals surface area contributed by atoms with E-state index in [1.54, 1.807) is 11.1 Å². The number of benzene rings is 1. The number of anilines is 1. The van der Waals surface area contributed by atoms with Gasteiger partial charge < -0.3 is 19.9 Å². The van der Waals surface area contributed by atoms with E-state index in [1.165, 1.54) is 5.56 Å². The van der Waals surface area contributed by atoms with E-state index in [0.717, 1.165) is 46.6 Å². The summed E-state index contributed by atoms with van der Waals surface area (Å²) in [5.74, 6) is 1.07. The molecule has 1 aliphatic heterocycles. The fraction of sp³-hybridized carbons (Fsp3) is 0.345. The molecule has 1 amide bonds. The fourth-order valence-electron chi connectivity index (χ4n) is 4.69. The number of H-pyrrole nitrogens is 1. The Hall–Kier alpha value is -3.58. The van der Waals surface area contributed by atoms with E-state index in [0.29, 0.717) is 30.6 Å². The fourth-order valence-corrected chi connectivity index (χ4v) is 4.90. The molecule has 4 aromatic rings. The largest absolute Gasteiger partial charge is 0.444 e. The normalized spacial score (nSPS) is 14.6. The number of aromatic nitrogens is 3. The highest BCUT2D eigenvalue weighted by Gasteiger charge is 2.28. The van der Waals surface area contributed by atoms with Gasteiger partial charge in [0.1, 0.15) is 17.1 Å². The van der Waals surface area contributed by atoms with Gasteiger partial charge in [0.25, 0.3) is 0 Å². The molecule has 0 spiro atoms. The molecule has 8 heteroatoms. The molecule has 0 saturated carbocycles. The molecule has 4 heterocycles. The summed E-state index contributed by atoms with van der Waals surface area (Å²) in [6, 6.07) is 18.1. The van der Waals surface area contributed by atoms with Crippen molar-refractivity contribution in [1.82, 2.24) is 19.9 Å². The summed E-state index contributed by atoms with van der Waals surface area (Å²) in [7, 11) is 0. The van der Waals surface area contributed by atoms with Crippen molar-refractivity contribution in [3.63, 3.8) is 0 Å². The van der Waals surface area contributed by atoms with Gasteiger partial charge in [-0.25, -0.2) is 14.8 Å². The number of pyridine rings is 2. The summed E-state index contributed by atoms with van der Waals surface area (Å²) in [6.07, 6.45) is 3.26. The van der Waals surface area contributed by atoms with Crippen molar-refractivity contribution in [2.75, 3.05) is 18.4 Å². The summed E-state index contributed by atoms with van der Waals surface area (Å²) < 4.78 is 5.54. The quantitative estimate of drug-likeness (QED) is 0.297. The molecule has 1 aromatic carbocycles. The molecule has 0 radical (unpaired) electrons. The van der Waals surface area contributed by atoms with Crippen molar-refractivity contribution in [3.05, 3.63) is 77.1 Å². The molecular weight excluding hydrogens is 486 g/mol. The lowest BCUT2D eigenvalue weighted by Crippen LogP contribution is -2.41. The Morgan fingerprint density at radius 3 is 2.62 bits per heavy atom. The number of ether oxygens (including phenoxy) is 1. The zero-order valence-electron chi connectivity index (χ0n) is 21.4. The van der Waals surface area contributed by atoms with Crippen LogP contribution >= 0.6 is 11.6 Å². The molecule has 37 heavy (non-hydrogen) atoms. The van der Waals surface area contributed by atoms with Crippen LogP contribution in [-0.4, -0.2) is 44.6 Å². The van der Waals surface area contributed by atoms with Crippen LogP contribution < -0.4 is 5.32 Å². The molecule has 3 aromatic heterocycles. The minimum absolute atomic E-state index is 0.243. The number of rotatable bonds is 5. The maximum absolute atomic E-state index is 12.4. The van der Waals surface area contributed by atoms with Gasteiger partial charge in [0.05, 0.1) is 10.7 Å². The van der Waals surface area contributed by atoms with E-state index < -0.39 is 5.60 Å². The molecular formula is C29H32ClN5O2. The van der Waals surface area contributed by atoms with E-state index in [4.69, 9.17) is 21.3 Å². The summed E-state index contributed by atoms with van der Waals surface area (Å²) in [6.45, 7) is 7.68. The van der Waals surface area contributed by atoms with Crippen LogP contribution in [-0.2, 0) is 11.3 Å². The lowest BCUT2D eigenvalue weighted by molar-refractivity contribution is 0.0204. The monoisotopic (exact) mass is 517 g/mol. The first-order chi connectivity index (χ1) is 17.8. The number of fused-ring (bicyclic) bond motifs is 1. The third-order valence-corrected chi connectivity index (χ3v) is 6.86. The molecule has 0 bridgehead atoms. The minimum atomic E-state index is -0.489. The minimum Gasteiger partial charge on any atom is -0.444 e. The summed E-state index contributed by atoms with van der Waals surface area (Å²) >= 11 is 6.63. The molecule has 1 aliphatic rings. The van der Waals surface area contributed by atoms with Gasteiger partial charge in [-0.2, -0.15) is 0 Å². The lowest BCUT2D eigenvalue weighted by atomic mass is 9.93. The van der Waals surface area contributed by atoms with Crippen LogP contribution in [0, 0.1) is 0 Å². The number of piperidine rings is 1. The second-order valence-electron chi connectivity index (χ2n) is 10.5. The smallest absolute Gasteiger partial charge is 0.410 e. The van der Waals surface area contributed by atoms with Crippen LogP contribution in [0.2, 0.25) is 5.02 Å². The van der Waals surface area contributed by atoms with E-state index >= 15 is 0 Å². The number of carbonyl (C=O) groups is 1. The number of likely N-dealkylation sites (tertiary alicyclic amines) is 1. The second kappa shape index (κ2) is 10.4. The molecule has 0 unspecified atom stereocenters. The zero-order valence-corrected chi connectivity index (χ0v) is 22.2. The number of hydrogen-bond acceptors (Lipinski definition) is 5. The van der Waals surface area contributed by atoms with E-state index in [2.05, 4.69) is 33.5 Å². The van der Waals surface area contributed by atoms with Gasteiger partial charge in [0.2, 0.25) is 0 Å². The van der Waals surface area contributed by atoms with Crippen molar-refractivity contribution < 1.29 is 9.53 Å². The first-order valence-electron chi connectivity index (χ1n) is 12.7. The Balaban J connectivity index is 1.34. The topological polar surface area (TPSA) is 83.1 Å². The van der Waals surface area contributed by atoms with Gasteiger partial charge in [-0.15, -0.1) is 0 Å². The van der Waals surface area contributed by atoms with E-state index in [-0.39, 0.29) is 6.09 Å². The first-order valence-corrected chi connectivity index (χ1v) is 13.0. The van der Waals surface area contributed by atoms with Crippen LogP contribution in [0.1, 0.15) is 50.8 Å². The van der Waals surface area contributed by atoms with E-state index in [1.807, 2.05) is 57.2 Å². The van der Waals surface area contributed by atoms with Gasteiger partial charge in [-0.1, -0.05) is 41.9 Å². The number of hydrogen-bond donors (Lipinski definition) is 2. The third kappa shape index (κ3) is 5.88. The zero-order chi connectivity index (χ0) is 26.0. The van der Waals surface area contributed by atoms with Crippen molar-refractivity contribution in [2.24, 2.45) is 0 Å². The molecule has 0 aliphatic carbocycles. The Kier molecular flexibility index (Phi) is 7.07. The van der Waals surface area contributed by atoms with Crippen LogP contribution in [0.5, 0.6) is 0 Å². The van der Waals surface area contributed by atoms with Crippen molar-refractivity contribution in [2.45, 2.75) is 51.7 Å². The Morgan fingerprint density at radius 2 is 1.89 bits per heavy atom. The SMILES string of the molecule is CC(C)(C)OC(=O)N1CCC(c2cc3c(-c4nc(NCc5ccccc5)ccc4Cl)ccnc3[nH]2)CC1. The number of nitrogens with one attached hydrogen (secondary N) is 2. The standard InChI is InChI=1S/C29H32ClN5O2/c1-29(2,3)37-28(36)35-15-12-20(13-16-35)24-17-22-21(11-14-31-27(22)33-24)26-23(30)9-10-25(34-26)32-18-19-7-5-4-6-8-19/h4-11,14,17,20H,12-13,15-16,18H2,1-3H3,(H,31,33)(H,32,34). The highest BCUT2D eigenvalue weighted by atomic mass is 35.5. The first kappa shape index (κ1) is 25.1. The molecule has 5 rings (SSSR count). The molecule has 2 N–H and O–H groups in total. The number of nitrogens with zero attached hydrogens (tertiary/aromatic N) is 3. The number of halogens is 1. The summed E-state index contributed by atoms with van der Waals surface area (Å²) in [5, 5.41) is 4.97. The molecule has 1 saturated heterocycles. The van der Waals surface area contributed by atoms with Gasteiger partial charge >= 0.3 is 6.09 Å². The number of amides is 1. The Bertz CT molecular complexity index is 1390. The maximum Gasteiger partial charge on any atom is 0.410 e. The highest BCUT2D eigenvalue weighted by Crippen LogP contribution is 2.36. The molecule has 192 valence electrons. The van der Waals surface area contributed by atoms with Gasteiger partial charge in [-0.05, 0) is 63.4 Å². The van der Waals surface area contributed by atoms with Crippen LogP contribution in [0.15, 0.2) is 60.8 Å². The van der Waals surface area contributed by atoms with Crippen LogP contribution in [0.25, 0.3) is 22.3 Å². The average Bonchev–Trinajstić information content (AvgIpc) is 3.33.